The van der Waals surface area contributed by atoms with Gasteiger partial charge in [-0.15, -0.1) is 0 Å². The van der Waals surface area contributed by atoms with E-state index in [4.69, 9.17) is 4.42 Å². The molecule has 0 fully saturated rings. The van der Waals surface area contributed by atoms with Crippen molar-refractivity contribution in [2.24, 2.45) is 0 Å². The van der Waals surface area contributed by atoms with Gasteiger partial charge >= 0.3 is 0 Å². The molecule has 1 aromatic heterocycles. The van der Waals surface area contributed by atoms with Crippen LogP contribution in [0.3, 0.4) is 0 Å². The maximum atomic E-state index is 13.1. The Labute approximate surface area is 151 Å². The SMILES string of the molecule is O=S(=O)(c1ccccc1)N1NC(c2ccc(O)cc2)=C[C@@H]1c1ccco1. The first-order chi connectivity index (χ1) is 12.6. The maximum Gasteiger partial charge on any atom is 0.260 e. The van der Waals surface area contributed by atoms with E-state index in [0.29, 0.717) is 11.5 Å². The zero-order valence-corrected chi connectivity index (χ0v) is 14.4. The average Bonchev–Trinajstić information content (AvgIpc) is 3.33. The Kier molecular flexibility index (Phi) is 4.02. The topological polar surface area (TPSA) is 82.8 Å². The third-order valence-electron chi connectivity index (χ3n) is 4.12. The number of phenolic OH excluding ortho intramolecular Hbond substituents is 1. The summed E-state index contributed by atoms with van der Waals surface area (Å²) in [6, 6.07) is 17.6. The number of aromatic hydroxyl groups is 1. The van der Waals surface area contributed by atoms with Crippen LogP contribution in [0.15, 0.2) is 88.4 Å². The second kappa shape index (κ2) is 6.36. The molecule has 2 heterocycles. The van der Waals surface area contributed by atoms with Gasteiger partial charge in [0.15, 0.2) is 0 Å². The van der Waals surface area contributed by atoms with Crippen molar-refractivity contribution in [3.8, 4) is 5.75 Å². The predicted molar refractivity (Wildman–Crippen MR) is 96.1 cm³/mol. The van der Waals surface area contributed by atoms with E-state index in [9.17, 15) is 13.5 Å². The van der Waals surface area contributed by atoms with Crippen molar-refractivity contribution in [1.29, 1.82) is 0 Å². The van der Waals surface area contributed by atoms with Crippen LogP contribution in [-0.4, -0.2) is 17.9 Å². The summed E-state index contributed by atoms with van der Waals surface area (Å²) in [4.78, 5) is 0.185. The molecule has 26 heavy (non-hydrogen) atoms. The monoisotopic (exact) mass is 368 g/mol. The standard InChI is InChI=1S/C19H16N2O4S/c22-15-10-8-14(9-11-15)17-13-18(19-7-4-12-25-19)21(20-17)26(23,24)16-5-2-1-3-6-16/h1-13,18,20,22H/t18-/m1/s1. The van der Waals surface area contributed by atoms with Crippen molar-refractivity contribution in [1.82, 2.24) is 9.84 Å². The third kappa shape index (κ3) is 2.87. The molecule has 0 unspecified atom stereocenters. The largest absolute Gasteiger partial charge is 0.508 e. The number of sulfonamides is 1. The molecule has 0 amide bonds. The Hall–Kier alpha value is -3.03. The van der Waals surface area contributed by atoms with Gasteiger partial charge in [-0.25, -0.2) is 8.42 Å². The first-order valence-corrected chi connectivity index (χ1v) is 9.40. The highest BCUT2D eigenvalue weighted by atomic mass is 32.2. The van der Waals surface area contributed by atoms with Gasteiger partial charge in [0.2, 0.25) is 0 Å². The molecule has 0 aliphatic carbocycles. The molecule has 0 saturated heterocycles. The van der Waals surface area contributed by atoms with Crippen LogP contribution in [0.2, 0.25) is 0 Å². The van der Waals surface area contributed by atoms with E-state index in [1.54, 1.807) is 72.8 Å². The molecule has 4 rings (SSSR count). The van der Waals surface area contributed by atoms with Gasteiger partial charge in [-0.1, -0.05) is 22.6 Å². The van der Waals surface area contributed by atoms with Gasteiger partial charge in [0.05, 0.1) is 16.9 Å². The number of nitrogens with zero attached hydrogens (tertiary/aromatic N) is 1. The van der Waals surface area contributed by atoms with Gasteiger partial charge < -0.3 is 14.9 Å². The summed E-state index contributed by atoms with van der Waals surface area (Å²) in [5, 5.41) is 9.47. The molecule has 1 aliphatic rings. The van der Waals surface area contributed by atoms with Gasteiger partial charge in [-0.3, -0.25) is 0 Å². The summed E-state index contributed by atoms with van der Waals surface area (Å²) < 4.78 is 32.9. The van der Waals surface area contributed by atoms with Crippen molar-refractivity contribution >= 4 is 15.7 Å². The Morgan fingerprint density at radius 3 is 2.35 bits per heavy atom. The third-order valence-corrected chi connectivity index (χ3v) is 5.83. The number of rotatable bonds is 4. The normalized spacial score (nSPS) is 17.7. The summed E-state index contributed by atoms with van der Waals surface area (Å²) in [5.74, 6) is 0.648. The summed E-state index contributed by atoms with van der Waals surface area (Å²) in [5.41, 5.74) is 4.34. The fraction of sp³-hybridized carbons (Fsp3) is 0.0526. The van der Waals surface area contributed by atoms with E-state index in [1.807, 2.05) is 0 Å². The maximum absolute atomic E-state index is 13.1. The van der Waals surface area contributed by atoms with Crippen molar-refractivity contribution in [3.05, 3.63) is 90.4 Å². The summed E-state index contributed by atoms with van der Waals surface area (Å²) >= 11 is 0. The minimum atomic E-state index is -3.80. The quantitative estimate of drug-likeness (QED) is 0.738. The van der Waals surface area contributed by atoms with Gasteiger partial charge in [0.25, 0.3) is 10.0 Å². The molecule has 7 heteroatoms. The van der Waals surface area contributed by atoms with Crippen LogP contribution in [-0.2, 0) is 10.0 Å². The molecular weight excluding hydrogens is 352 g/mol. The Bertz CT molecular complexity index is 1030. The Balaban J connectivity index is 1.76. The average molecular weight is 368 g/mol. The lowest BCUT2D eigenvalue weighted by Gasteiger charge is -2.23. The van der Waals surface area contributed by atoms with E-state index in [-0.39, 0.29) is 10.6 Å². The zero-order valence-electron chi connectivity index (χ0n) is 13.6. The molecule has 1 aliphatic heterocycles. The fourth-order valence-corrected chi connectivity index (χ4v) is 4.24. The number of nitrogens with one attached hydrogen (secondary N) is 1. The van der Waals surface area contributed by atoms with Crippen LogP contribution >= 0.6 is 0 Å². The van der Waals surface area contributed by atoms with E-state index in [1.165, 1.54) is 10.7 Å². The van der Waals surface area contributed by atoms with Crippen LogP contribution in [0.1, 0.15) is 17.4 Å². The first-order valence-electron chi connectivity index (χ1n) is 7.96. The highest BCUT2D eigenvalue weighted by Crippen LogP contribution is 2.35. The molecule has 0 saturated carbocycles. The highest BCUT2D eigenvalue weighted by molar-refractivity contribution is 7.89. The van der Waals surface area contributed by atoms with Crippen molar-refractivity contribution in [3.63, 3.8) is 0 Å². The minimum absolute atomic E-state index is 0.142. The number of hydrazine groups is 1. The number of hydrogen-bond acceptors (Lipinski definition) is 5. The van der Waals surface area contributed by atoms with Crippen LogP contribution in [0, 0.1) is 0 Å². The molecule has 2 N–H and O–H groups in total. The van der Waals surface area contributed by atoms with Crippen LogP contribution in [0.25, 0.3) is 5.70 Å². The van der Waals surface area contributed by atoms with E-state index >= 15 is 0 Å². The van der Waals surface area contributed by atoms with Crippen molar-refractivity contribution in [2.75, 3.05) is 0 Å². The lowest BCUT2D eigenvalue weighted by Crippen LogP contribution is -2.39. The minimum Gasteiger partial charge on any atom is -0.508 e. The van der Waals surface area contributed by atoms with Gasteiger partial charge in [0, 0.05) is 0 Å². The molecule has 0 bridgehead atoms. The molecule has 0 spiro atoms. The lowest BCUT2D eigenvalue weighted by atomic mass is 10.1. The van der Waals surface area contributed by atoms with Gasteiger partial charge in [-0.2, -0.15) is 0 Å². The number of hydrogen-bond donors (Lipinski definition) is 2. The van der Waals surface area contributed by atoms with Crippen molar-refractivity contribution < 1.29 is 17.9 Å². The molecule has 6 nitrogen and oxygen atoms in total. The van der Waals surface area contributed by atoms with E-state index in [2.05, 4.69) is 5.43 Å². The zero-order chi connectivity index (χ0) is 18.1. The van der Waals surface area contributed by atoms with E-state index in [0.717, 1.165) is 5.56 Å². The Morgan fingerprint density at radius 2 is 1.69 bits per heavy atom. The highest BCUT2D eigenvalue weighted by Gasteiger charge is 2.38. The second-order valence-corrected chi connectivity index (χ2v) is 7.63. The van der Waals surface area contributed by atoms with Crippen LogP contribution < -0.4 is 5.43 Å². The summed E-state index contributed by atoms with van der Waals surface area (Å²) in [7, 11) is -3.80. The predicted octanol–water partition coefficient (Wildman–Crippen LogP) is 3.28. The number of furan rings is 1. The van der Waals surface area contributed by atoms with E-state index < -0.39 is 16.1 Å². The smallest absolute Gasteiger partial charge is 0.260 e. The number of benzene rings is 2. The van der Waals surface area contributed by atoms with Crippen LogP contribution in [0.5, 0.6) is 5.75 Å². The molecule has 2 aromatic carbocycles. The second-order valence-electron chi connectivity index (χ2n) is 5.81. The van der Waals surface area contributed by atoms with Crippen molar-refractivity contribution in [2.45, 2.75) is 10.9 Å². The summed E-state index contributed by atoms with van der Waals surface area (Å²) in [6.07, 6.45) is 3.29. The lowest BCUT2D eigenvalue weighted by molar-refractivity contribution is 0.310. The summed E-state index contributed by atoms with van der Waals surface area (Å²) in [6.45, 7) is 0. The molecular formula is C19H16N2O4S. The fourth-order valence-electron chi connectivity index (χ4n) is 2.83. The van der Waals surface area contributed by atoms with Crippen LogP contribution in [0.4, 0.5) is 0 Å². The number of phenols is 1. The molecule has 132 valence electrons. The Morgan fingerprint density at radius 1 is 0.962 bits per heavy atom. The molecule has 1 atom stereocenters. The first kappa shape index (κ1) is 16.4. The molecule has 0 radical (unpaired) electrons. The molecule has 3 aromatic rings. The van der Waals surface area contributed by atoms with Gasteiger partial charge in [0.1, 0.15) is 17.6 Å². The van der Waals surface area contributed by atoms with Gasteiger partial charge in [-0.05, 0) is 60.2 Å².